The number of nitrogens with one attached hydrogen (secondary N) is 1. The molecule has 0 aliphatic heterocycles. The number of anilines is 1. The maximum absolute atomic E-state index is 12.0. The van der Waals surface area contributed by atoms with E-state index in [1.165, 1.54) is 31.2 Å². The molecule has 2 aromatic rings. The number of carbonyl (C=O) groups is 2. The maximum Gasteiger partial charge on any atom is 0.338 e. The molecule has 1 N–H and O–H groups in total. The van der Waals surface area contributed by atoms with E-state index in [4.69, 9.17) is 4.74 Å². The van der Waals surface area contributed by atoms with Gasteiger partial charge in [-0.2, -0.15) is 0 Å². The van der Waals surface area contributed by atoms with Gasteiger partial charge in [-0.3, -0.25) is 14.9 Å². The molecular formula is C16H13BrN2O5. The molecule has 0 aliphatic carbocycles. The molecule has 0 fully saturated rings. The lowest BCUT2D eigenvalue weighted by atomic mass is 10.2. The van der Waals surface area contributed by atoms with E-state index in [0.717, 1.165) is 4.47 Å². The molecule has 0 unspecified atom stereocenters. The molecule has 0 aliphatic rings. The molecule has 0 bridgehead atoms. The highest BCUT2D eigenvalue weighted by Crippen LogP contribution is 2.18. The molecule has 8 heteroatoms. The van der Waals surface area contributed by atoms with Crippen LogP contribution in [-0.2, 0) is 9.53 Å². The molecule has 1 amide bonds. The molecule has 2 rings (SSSR count). The Labute approximate surface area is 145 Å². The fraction of sp³-hybridized carbons (Fsp3) is 0.125. The lowest BCUT2D eigenvalue weighted by Crippen LogP contribution is -2.30. The maximum atomic E-state index is 12.0. The molecule has 7 nitrogen and oxygen atoms in total. The molecule has 124 valence electrons. The molecule has 2 aromatic carbocycles. The van der Waals surface area contributed by atoms with E-state index in [1.54, 1.807) is 24.3 Å². The standard InChI is InChI=1S/C16H13BrN2O5/c1-10(24-16(21)11-5-7-12(17)8-6-11)15(20)18-13-3-2-4-14(9-13)19(22)23/h2-10H,1H3,(H,18,20)/t10-/m1/s1. The summed E-state index contributed by atoms with van der Waals surface area (Å²) in [6.07, 6.45) is -1.06. The van der Waals surface area contributed by atoms with Gasteiger partial charge in [-0.1, -0.05) is 22.0 Å². The summed E-state index contributed by atoms with van der Waals surface area (Å²) in [5, 5.41) is 13.2. The Morgan fingerprint density at radius 2 is 1.88 bits per heavy atom. The van der Waals surface area contributed by atoms with Crippen LogP contribution in [0.5, 0.6) is 0 Å². The van der Waals surface area contributed by atoms with Crippen LogP contribution in [0.25, 0.3) is 0 Å². The SMILES string of the molecule is C[C@@H](OC(=O)c1ccc(Br)cc1)C(=O)Nc1cccc([N+](=O)[O-])c1. The molecule has 1 atom stereocenters. The molecule has 0 saturated carbocycles. The minimum absolute atomic E-state index is 0.146. The Morgan fingerprint density at radius 1 is 1.21 bits per heavy atom. The van der Waals surface area contributed by atoms with Crippen molar-refractivity contribution in [2.75, 3.05) is 5.32 Å². The Morgan fingerprint density at radius 3 is 2.50 bits per heavy atom. The van der Waals surface area contributed by atoms with Gasteiger partial charge in [0, 0.05) is 22.3 Å². The zero-order valence-corrected chi connectivity index (χ0v) is 14.1. The normalized spacial score (nSPS) is 11.4. The number of ether oxygens (including phenoxy) is 1. The Hall–Kier alpha value is -2.74. The number of amides is 1. The van der Waals surface area contributed by atoms with Crippen LogP contribution in [-0.4, -0.2) is 22.9 Å². The van der Waals surface area contributed by atoms with E-state index in [2.05, 4.69) is 21.2 Å². The van der Waals surface area contributed by atoms with E-state index in [-0.39, 0.29) is 11.4 Å². The molecule has 0 aromatic heterocycles. The first-order chi connectivity index (χ1) is 11.4. The van der Waals surface area contributed by atoms with Crippen LogP contribution in [0.1, 0.15) is 17.3 Å². The van der Waals surface area contributed by atoms with E-state index < -0.39 is 22.9 Å². The van der Waals surface area contributed by atoms with Crippen LogP contribution >= 0.6 is 15.9 Å². The van der Waals surface area contributed by atoms with Crippen molar-refractivity contribution < 1.29 is 19.2 Å². The second kappa shape index (κ2) is 7.69. The third-order valence-corrected chi connectivity index (χ3v) is 3.59. The molecular weight excluding hydrogens is 380 g/mol. The quantitative estimate of drug-likeness (QED) is 0.476. The number of carbonyl (C=O) groups excluding carboxylic acids is 2. The summed E-state index contributed by atoms with van der Waals surface area (Å²) >= 11 is 3.26. The van der Waals surface area contributed by atoms with Gasteiger partial charge in [0.15, 0.2) is 6.10 Å². The first-order valence-corrected chi connectivity index (χ1v) is 7.68. The monoisotopic (exact) mass is 392 g/mol. The van der Waals surface area contributed by atoms with E-state index in [0.29, 0.717) is 5.56 Å². The summed E-state index contributed by atoms with van der Waals surface area (Å²) in [5.74, 6) is -1.22. The van der Waals surface area contributed by atoms with Crippen molar-refractivity contribution in [3.05, 3.63) is 68.7 Å². The summed E-state index contributed by atoms with van der Waals surface area (Å²) in [7, 11) is 0. The van der Waals surface area contributed by atoms with E-state index in [9.17, 15) is 19.7 Å². The van der Waals surface area contributed by atoms with Crippen molar-refractivity contribution in [3.8, 4) is 0 Å². The molecule has 0 heterocycles. The van der Waals surface area contributed by atoms with Crippen LogP contribution in [0.2, 0.25) is 0 Å². The highest BCUT2D eigenvalue weighted by molar-refractivity contribution is 9.10. The van der Waals surface area contributed by atoms with Gasteiger partial charge in [0.25, 0.3) is 11.6 Å². The molecule has 0 spiro atoms. The number of nitrogens with zero attached hydrogens (tertiary/aromatic N) is 1. The topological polar surface area (TPSA) is 98.5 Å². The Bertz CT molecular complexity index is 776. The predicted octanol–water partition coefficient (Wildman–Crippen LogP) is 3.54. The van der Waals surface area contributed by atoms with Gasteiger partial charge >= 0.3 is 5.97 Å². The number of benzene rings is 2. The van der Waals surface area contributed by atoms with Gasteiger partial charge in [0.05, 0.1) is 10.5 Å². The van der Waals surface area contributed by atoms with Crippen LogP contribution in [0, 0.1) is 10.1 Å². The number of halogens is 1. The second-order valence-electron chi connectivity index (χ2n) is 4.85. The first-order valence-electron chi connectivity index (χ1n) is 6.88. The predicted molar refractivity (Wildman–Crippen MR) is 90.7 cm³/mol. The minimum atomic E-state index is -1.06. The lowest BCUT2D eigenvalue weighted by Gasteiger charge is -2.13. The third-order valence-electron chi connectivity index (χ3n) is 3.06. The van der Waals surface area contributed by atoms with Crippen molar-refractivity contribution in [2.45, 2.75) is 13.0 Å². The van der Waals surface area contributed by atoms with Crippen molar-refractivity contribution in [3.63, 3.8) is 0 Å². The number of rotatable bonds is 5. The summed E-state index contributed by atoms with van der Waals surface area (Å²) in [6, 6.07) is 12.0. The van der Waals surface area contributed by atoms with E-state index >= 15 is 0 Å². The highest BCUT2D eigenvalue weighted by atomic mass is 79.9. The first kappa shape index (κ1) is 17.6. The van der Waals surface area contributed by atoms with Gasteiger partial charge in [-0.25, -0.2) is 4.79 Å². The lowest BCUT2D eigenvalue weighted by molar-refractivity contribution is -0.384. The number of hydrogen-bond donors (Lipinski definition) is 1. The number of esters is 1. The van der Waals surface area contributed by atoms with E-state index in [1.807, 2.05) is 0 Å². The second-order valence-corrected chi connectivity index (χ2v) is 5.77. The largest absolute Gasteiger partial charge is 0.449 e. The van der Waals surface area contributed by atoms with Crippen LogP contribution in [0.3, 0.4) is 0 Å². The van der Waals surface area contributed by atoms with Crippen LogP contribution < -0.4 is 5.32 Å². The summed E-state index contributed by atoms with van der Waals surface area (Å²) < 4.78 is 5.90. The third kappa shape index (κ3) is 4.63. The molecule has 24 heavy (non-hydrogen) atoms. The minimum Gasteiger partial charge on any atom is -0.449 e. The zero-order chi connectivity index (χ0) is 17.7. The molecule has 0 saturated heterocycles. The van der Waals surface area contributed by atoms with Gasteiger partial charge in [-0.15, -0.1) is 0 Å². The Kier molecular flexibility index (Phi) is 5.64. The zero-order valence-electron chi connectivity index (χ0n) is 12.6. The summed E-state index contributed by atoms with van der Waals surface area (Å²) in [4.78, 5) is 34.2. The van der Waals surface area contributed by atoms with Crippen LogP contribution in [0.15, 0.2) is 53.0 Å². The smallest absolute Gasteiger partial charge is 0.338 e. The van der Waals surface area contributed by atoms with Crippen molar-refractivity contribution >= 4 is 39.2 Å². The average molecular weight is 393 g/mol. The van der Waals surface area contributed by atoms with Crippen molar-refractivity contribution in [1.29, 1.82) is 0 Å². The van der Waals surface area contributed by atoms with Crippen LogP contribution in [0.4, 0.5) is 11.4 Å². The number of nitro groups is 1. The van der Waals surface area contributed by atoms with Gasteiger partial charge in [-0.05, 0) is 37.3 Å². The van der Waals surface area contributed by atoms with Gasteiger partial charge < -0.3 is 10.1 Å². The number of non-ortho nitro benzene ring substituents is 1. The number of hydrogen-bond acceptors (Lipinski definition) is 5. The fourth-order valence-electron chi connectivity index (χ4n) is 1.81. The highest BCUT2D eigenvalue weighted by Gasteiger charge is 2.19. The Balaban J connectivity index is 1.99. The fourth-order valence-corrected chi connectivity index (χ4v) is 2.07. The van der Waals surface area contributed by atoms with Crippen molar-refractivity contribution in [1.82, 2.24) is 0 Å². The van der Waals surface area contributed by atoms with Crippen molar-refractivity contribution in [2.24, 2.45) is 0 Å². The van der Waals surface area contributed by atoms with Gasteiger partial charge in [0.2, 0.25) is 0 Å². The average Bonchev–Trinajstić information content (AvgIpc) is 2.55. The van der Waals surface area contributed by atoms with Gasteiger partial charge in [0.1, 0.15) is 0 Å². The summed E-state index contributed by atoms with van der Waals surface area (Å²) in [6.45, 7) is 1.42. The molecule has 0 radical (unpaired) electrons. The number of nitro benzene ring substituents is 1. The summed E-state index contributed by atoms with van der Waals surface area (Å²) in [5.41, 5.74) is 0.418.